The number of aryl methyl sites for hydroxylation is 1. The third kappa shape index (κ3) is 3.21. The maximum Gasteiger partial charge on any atom is 0.261 e. The standard InChI is InChI=1S/C13H9BrF3NO2S/c1-7-6-8(2-3-9(7)14)21(19,20)18-11-5-4-10(15)12(16)13(11)17/h2-6,18H,1H3. The van der Waals surface area contributed by atoms with Crippen LogP contribution in [0.2, 0.25) is 0 Å². The predicted octanol–water partition coefficient (Wildman–Crippen LogP) is 3.98. The largest absolute Gasteiger partial charge is 0.277 e. The minimum atomic E-state index is -4.10. The van der Waals surface area contributed by atoms with Gasteiger partial charge in [-0.25, -0.2) is 21.6 Å². The zero-order valence-electron chi connectivity index (χ0n) is 10.6. The van der Waals surface area contributed by atoms with E-state index < -0.39 is 33.2 Å². The lowest BCUT2D eigenvalue weighted by Crippen LogP contribution is -2.15. The SMILES string of the molecule is Cc1cc(S(=O)(=O)Nc2ccc(F)c(F)c2F)ccc1Br. The van der Waals surface area contributed by atoms with Crippen LogP contribution in [0.3, 0.4) is 0 Å². The summed E-state index contributed by atoms with van der Waals surface area (Å²) in [5, 5.41) is 0. The second-order valence-corrected chi connectivity index (χ2v) is 6.78. The lowest BCUT2D eigenvalue weighted by atomic mass is 10.2. The third-order valence-corrected chi connectivity index (χ3v) is 4.97. The molecule has 0 aliphatic rings. The van der Waals surface area contributed by atoms with Crippen molar-refractivity contribution in [3.63, 3.8) is 0 Å². The van der Waals surface area contributed by atoms with Crippen molar-refractivity contribution < 1.29 is 21.6 Å². The molecule has 1 N–H and O–H groups in total. The van der Waals surface area contributed by atoms with Crippen molar-refractivity contribution in [1.29, 1.82) is 0 Å². The summed E-state index contributed by atoms with van der Waals surface area (Å²) in [6, 6.07) is 5.65. The maximum absolute atomic E-state index is 13.5. The van der Waals surface area contributed by atoms with E-state index in [9.17, 15) is 21.6 Å². The summed E-state index contributed by atoms with van der Waals surface area (Å²) in [5.74, 6) is -4.72. The molecular weight excluding hydrogens is 371 g/mol. The lowest BCUT2D eigenvalue weighted by Gasteiger charge is -2.10. The van der Waals surface area contributed by atoms with Gasteiger partial charge in [0.1, 0.15) is 0 Å². The summed E-state index contributed by atoms with van der Waals surface area (Å²) >= 11 is 3.23. The Bertz CT molecular complexity index is 809. The van der Waals surface area contributed by atoms with Crippen LogP contribution in [-0.4, -0.2) is 8.42 Å². The number of anilines is 1. The normalized spacial score (nSPS) is 11.5. The summed E-state index contributed by atoms with van der Waals surface area (Å²) in [5.41, 5.74) is -0.00175. The number of halogens is 4. The zero-order chi connectivity index (χ0) is 15.8. The predicted molar refractivity (Wildman–Crippen MR) is 76.0 cm³/mol. The number of benzene rings is 2. The molecule has 3 nitrogen and oxygen atoms in total. The van der Waals surface area contributed by atoms with E-state index in [-0.39, 0.29) is 4.90 Å². The van der Waals surface area contributed by atoms with Crippen LogP contribution >= 0.6 is 15.9 Å². The maximum atomic E-state index is 13.5. The van der Waals surface area contributed by atoms with Gasteiger partial charge in [0.05, 0.1) is 10.6 Å². The monoisotopic (exact) mass is 379 g/mol. The highest BCUT2D eigenvalue weighted by Gasteiger charge is 2.20. The van der Waals surface area contributed by atoms with Crippen LogP contribution in [0.1, 0.15) is 5.56 Å². The van der Waals surface area contributed by atoms with Crippen molar-refractivity contribution in [3.05, 3.63) is 57.8 Å². The van der Waals surface area contributed by atoms with Crippen molar-refractivity contribution in [2.24, 2.45) is 0 Å². The van der Waals surface area contributed by atoms with E-state index in [1.807, 2.05) is 4.72 Å². The molecule has 2 aromatic rings. The van der Waals surface area contributed by atoms with Crippen molar-refractivity contribution in [3.8, 4) is 0 Å². The van der Waals surface area contributed by atoms with Crippen LogP contribution < -0.4 is 4.72 Å². The van der Waals surface area contributed by atoms with Crippen LogP contribution in [0.25, 0.3) is 0 Å². The minimum absolute atomic E-state index is 0.118. The van der Waals surface area contributed by atoms with Crippen molar-refractivity contribution >= 4 is 31.6 Å². The lowest BCUT2D eigenvalue weighted by molar-refractivity contribution is 0.449. The molecule has 2 aromatic carbocycles. The highest BCUT2D eigenvalue weighted by Crippen LogP contribution is 2.25. The molecule has 0 fully saturated rings. The van der Waals surface area contributed by atoms with Gasteiger partial charge in [0.25, 0.3) is 10.0 Å². The molecule has 0 aliphatic heterocycles. The van der Waals surface area contributed by atoms with Crippen LogP contribution in [0.5, 0.6) is 0 Å². The number of sulfonamides is 1. The average Bonchev–Trinajstić information content (AvgIpc) is 2.42. The zero-order valence-corrected chi connectivity index (χ0v) is 13.0. The molecule has 0 bridgehead atoms. The summed E-state index contributed by atoms with van der Waals surface area (Å²) in [6.07, 6.45) is 0. The molecule has 0 saturated carbocycles. The molecule has 0 amide bonds. The molecule has 8 heteroatoms. The molecule has 2 rings (SSSR count). The fourth-order valence-corrected chi connectivity index (χ4v) is 2.98. The molecule has 112 valence electrons. The van der Waals surface area contributed by atoms with E-state index >= 15 is 0 Å². The van der Waals surface area contributed by atoms with Gasteiger partial charge in [0.15, 0.2) is 17.5 Å². The minimum Gasteiger partial charge on any atom is -0.277 e. The molecule has 0 atom stereocenters. The Kier molecular flexibility index (Phi) is 4.29. The molecule has 21 heavy (non-hydrogen) atoms. The Morgan fingerprint density at radius 1 is 1.05 bits per heavy atom. The second kappa shape index (κ2) is 5.69. The molecule has 0 heterocycles. The van der Waals surface area contributed by atoms with Crippen LogP contribution in [-0.2, 0) is 10.0 Å². The third-order valence-electron chi connectivity index (χ3n) is 2.72. The summed E-state index contributed by atoms with van der Waals surface area (Å²) in [7, 11) is -4.10. The first-order valence-electron chi connectivity index (χ1n) is 5.65. The molecular formula is C13H9BrF3NO2S. The smallest absolute Gasteiger partial charge is 0.261 e. The van der Waals surface area contributed by atoms with Gasteiger partial charge in [-0.05, 0) is 42.8 Å². The highest BCUT2D eigenvalue weighted by molar-refractivity contribution is 9.10. The molecule has 0 unspecified atom stereocenters. The molecule has 0 aromatic heterocycles. The number of rotatable bonds is 3. The van der Waals surface area contributed by atoms with Crippen molar-refractivity contribution in [1.82, 2.24) is 0 Å². The molecule has 0 aliphatic carbocycles. The Morgan fingerprint density at radius 2 is 1.71 bits per heavy atom. The molecule has 0 spiro atoms. The number of hydrogen-bond donors (Lipinski definition) is 1. The first-order chi connectivity index (χ1) is 9.72. The van der Waals surface area contributed by atoms with E-state index in [2.05, 4.69) is 15.9 Å². The van der Waals surface area contributed by atoms with Gasteiger partial charge in [-0.2, -0.15) is 0 Å². The van der Waals surface area contributed by atoms with Crippen LogP contribution in [0, 0.1) is 24.4 Å². The molecule has 0 saturated heterocycles. The van der Waals surface area contributed by atoms with E-state index in [0.29, 0.717) is 16.1 Å². The van der Waals surface area contributed by atoms with Crippen molar-refractivity contribution in [2.45, 2.75) is 11.8 Å². The topological polar surface area (TPSA) is 46.2 Å². The quantitative estimate of drug-likeness (QED) is 0.819. The number of nitrogens with one attached hydrogen (secondary N) is 1. The van der Waals surface area contributed by atoms with E-state index in [1.165, 1.54) is 18.2 Å². The Hall–Kier alpha value is -1.54. The van der Waals surface area contributed by atoms with Crippen LogP contribution in [0.4, 0.5) is 18.9 Å². The van der Waals surface area contributed by atoms with Gasteiger partial charge < -0.3 is 0 Å². The van der Waals surface area contributed by atoms with Gasteiger partial charge in [-0.15, -0.1) is 0 Å². The Balaban J connectivity index is 2.42. The summed E-state index contributed by atoms with van der Waals surface area (Å²) in [4.78, 5) is -0.118. The summed E-state index contributed by atoms with van der Waals surface area (Å²) < 4.78 is 66.2. The van der Waals surface area contributed by atoms with E-state index in [4.69, 9.17) is 0 Å². The van der Waals surface area contributed by atoms with Gasteiger partial charge in [-0.1, -0.05) is 15.9 Å². The van der Waals surface area contributed by atoms with Crippen LogP contribution in [0.15, 0.2) is 39.7 Å². The fourth-order valence-electron chi connectivity index (χ4n) is 1.59. The second-order valence-electron chi connectivity index (χ2n) is 4.24. The van der Waals surface area contributed by atoms with Gasteiger partial charge in [0, 0.05) is 4.47 Å². The van der Waals surface area contributed by atoms with Gasteiger partial charge in [0.2, 0.25) is 0 Å². The van der Waals surface area contributed by atoms with E-state index in [0.717, 1.165) is 6.07 Å². The first-order valence-corrected chi connectivity index (χ1v) is 7.92. The van der Waals surface area contributed by atoms with Gasteiger partial charge >= 0.3 is 0 Å². The molecule has 0 radical (unpaired) electrons. The van der Waals surface area contributed by atoms with Gasteiger partial charge in [-0.3, -0.25) is 4.72 Å². The van der Waals surface area contributed by atoms with E-state index in [1.54, 1.807) is 6.92 Å². The average molecular weight is 380 g/mol. The Morgan fingerprint density at radius 3 is 2.33 bits per heavy atom. The first kappa shape index (κ1) is 15.8. The highest BCUT2D eigenvalue weighted by atomic mass is 79.9. The number of hydrogen-bond acceptors (Lipinski definition) is 2. The fraction of sp³-hybridized carbons (Fsp3) is 0.0769. The van der Waals surface area contributed by atoms with Crippen molar-refractivity contribution in [2.75, 3.05) is 4.72 Å². The summed E-state index contributed by atoms with van der Waals surface area (Å²) in [6.45, 7) is 1.68. The Labute approximate surface area is 128 Å².